The summed E-state index contributed by atoms with van der Waals surface area (Å²) in [6.07, 6.45) is 1.23. The van der Waals surface area contributed by atoms with E-state index in [0.717, 1.165) is 27.8 Å². The SMILES string of the molecule is O=C(O)c1ccc(CC2Cc3c(cccc3-c3ccc(CF)cc3)C2=O)cc1. The number of carboxylic acids is 1. The molecule has 0 aliphatic heterocycles. The van der Waals surface area contributed by atoms with E-state index in [1.807, 2.05) is 30.3 Å². The maximum absolute atomic E-state index is 12.9. The van der Waals surface area contributed by atoms with Gasteiger partial charge in [0.25, 0.3) is 0 Å². The Kier molecular flexibility index (Phi) is 4.78. The zero-order valence-electron chi connectivity index (χ0n) is 15.2. The molecule has 1 aliphatic rings. The Labute approximate surface area is 162 Å². The molecule has 3 aromatic carbocycles. The summed E-state index contributed by atoms with van der Waals surface area (Å²) in [5.74, 6) is -0.990. The zero-order valence-corrected chi connectivity index (χ0v) is 15.2. The van der Waals surface area contributed by atoms with Crippen molar-refractivity contribution < 1.29 is 19.1 Å². The lowest BCUT2D eigenvalue weighted by Gasteiger charge is -2.10. The normalized spacial score (nSPS) is 15.5. The second kappa shape index (κ2) is 7.39. The highest BCUT2D eigenvalue weighted by molar-refractivity contribution is 6.04. The quantitative estimate of drug-likeness (QED) is 0.674. The third kappa shape index (κ3) is 3.33. The second-order valence-electron chi connectivity index (χ2n) is 7.13. The molecule has 0 saturated heterocycles. The Morgan fingerprint density at radius 2 is 1.57 bits per heavy atom. The predicted octanol–water partition coefficient (Wildman–Crippen LogP) is 5.12. The summed E-state index contributed by atoms with van der Waals surface area (Å²) in [5.41, 5.74) is 5.60. The van der Waals surface area contributed by atoms with Gasteiger partial charge in [-0.1, -0.05) is 54.6 Å². The summed E-state index contributed by atoms with van der Waals surface area (Å²) in [6.45, 7) is -0.492. The van der Waals surface area contributed by atoms with Crippen molar-refractivity contribution in [3.05, 3.63) is 94.5 Å². The number of hydrogen-bond acceptors (Lipinski definition) is 2. The summed E-state index contributed by atoms with van der Waals surface area (Å²) in [5, 5.41) is 9.02. The van der Waals surface area contributed by atoms with Gasteiger partial charge in [0.2, 0.25) is 0 Å². The van der Waals surface area contributed by atoms with Gasteiger partial charge in [-0.05, 0) is 52.8 Å². The molecule has 0 radical (unpaired) electrons. The Morgan fingerprint density at radius 1 is 0.929 bits per heavy atom. The molecule has 1 unspecified atom stereocenters. The van der Waals surface area contributed by atoms with E-state index in [9.17, 15) is 14.0 Å². The van der Waals surface area contributed by atoms with E-state index in [4.69, 9.17) is 5.11 Å². The van der Waals surface area contributed by atoms with Crippen molar-refractivity contribution in [1.82, 2.24) is 0 Å². The molecule has 0 amide bonds. The first-order valence-corrected chi connectivity index (χ1v) is 9.20. The molecule has 3 aromatic rings. The molecule has 28 heavy (non-hydrogen) atoms. The molecule has 140 valence electrons. The van der Waals surface area contributed by atoms with Gasteiger partial charge in [0.1, 0.15) is 6.67 Å². The molecule has 4 heteroatoms. The minimum Gasteiger partial charge on any atom is -0.478 e. The number of carbonyl (C=O) groups excluding carboxylic acids is 1. The molecule has 0 bridgehead atoms. The van der Waals surface area contributed by atoms with Crippen LogP contribution in [0.15, 0.2) is 66.7 Å². The first kappa shape index (κ1) is 18.1. The summed E-state index contributed by atoms with van der Waals surface area (Å²) < 4.78 is 12.8. The molecule has 0 fully saturated rings. The van der Waals surface area contributed by atoms with E-state index >= 15 is 0 Å². The zero-order chi connectivity index (χ0) is 19.7. The van der Waals surface area contributed by atoms with E-state index in [1.165, 1.54) is 0 Å². The molecule has 1 atom stereocenters. The maximum atomic E-state index is 12.9. The van der Waals surface area contributed by atoms with Crippen molar-refractivity contribution in [2.75, 3.05) is 0 Å². The Balaban J connectivity index is 1.60. The van der Waals surface area contributed by atoms with Crippen LogP contribution in [0.25, 0.3) is 11.1 Å². The molecular weight excluding hydrogens is 355 g/mol. The molecule has 1 N–H and O–H groups in total. The van der Waals surface area contributed by atoms with Crippen LogP contribution in [0, 0.1) is 5.92 Å². The van der Waals surface area contributed by atoms with Crippen LogP contribution in [-0.4, -0.2) is 16.9 Å². The van der Waals surface area contributed by atoms with E-state index in [-0.39, 0.29) is 17.3 Å². The molecule has 0 spiro atoms. The minimum atomic E-state index is -0.959. The van der Waals surface area contributed by atoms with Gasteiger partial charge in [-0.2, -0.15) is 0 Å². The van der Waals surface area contributed by atoms with Crippen molar-refractivity contribution in [2.45, 2.75) is 19.5 Å². The smallest absolute Gasteiger partial charge is 0.335 e. The van der Waals surface area contributed by atoms with Crippen molar-refractivity contribution in [2.24, 2.45) is 5.92 Å². The standard InChI is InChI=1S/C24H19FO3/c25-14-16-6-8-17(9-7-16)20-2-1-3-21-22(20)13-19(23(21)26)12-15-4-10-18(11-5-15)24(27)28/h1-11,19H,12-14H2,(H,27,28). The third-order valence-corrected chi connectivity index (χ3v) is 5.37. The highest BCUT2D eigenvalue weighted by atomic mass is 19.1. The molecule has 0 aromatic heterocycles. The van der Waals surface area contributed by atoms with Crippen LogP contribution in [0.2, 0.25) is 0 Å². The average molecular weight is 374 g/mol. The summed E-state index contributed by atoms with van der Waals surface area (Å²) in [4.78, 5) is 23.9. The number of ketones is 1. The van der Waals surface area contributed by atoms with Crippen molar-refractivity contribution in [3.8, 4) is 11.1 Å². The van der Waals surface area contributed by atoms with Crippen molar-refractivity contribution >= 4 is 11.8 Å². The second-order valence-corrected chi connectivity index (χ2v) is 7.13. The number of aromatic carboxylic acids is 1. The van der Waals surface area contributed by atoms with E-state index in [0.29, 0.717) is 18.4 Å². The van der Waals surface area contributed by atoms with Crippen LogP contribution >= 0.6 is 0 Å². The topological polar surface area (TPSA) is 54.4 Å². The fraction of sp³-hybridized carbons (Fsp3) is 0.167. The van der Waals surface area contributed by atoms with Crippen molar-refractivity contribution in [3.63, 3.8) is 0 Å². The van der Waals surface area contributed by atoms with Gasteiger partial charge < -0.3 is 5.11 Å². The van der Waals surface area contributed by atoms with Gasteiger partial charge in [-0.3, -0.25) is 4.79 Å². The van der Waals surface area contributed by atoms with Gasteiger partial charge in [0.05, 0.1) is 5.56 Å². The fourth-order valence-corrected chi connectivity index (χ4v) is 3.87. The maximum Gasteiger partial charge on any atom is 0.335 e. The van der Waals surface area contributed by atoms with Crippen molar-refractivity contribution in [1.29, 1.82) is 0 Å². The Morgan fingerprint density at radius 3 is 2.21 bits per heavy atom. The summed E-state index contributed by atoms with van der Waals surface area (Å²) in [7, 11) is 0. The largest absolute Gasteiger partial charge is 0.478 e. The number of carbonyl (C=O) groups is 2. The van der Waals surface area contributed by atoms with Crippen LogP contribution in [0.4, 0.5) is 4.39 Å². The van der Waals surface area contributed by atoms with Crippen LogP contribution in [0.1, 0.15) is 37.4 Å². The number of halogens is 1. The van der Waals surface area contributed by atoms with E-state index in [2.05, 4.69) is 0 Å². The van der Waals surface area contributed by atoms with Crippen LogP contribution in [0.3, 0.4) is 0 Å². The van der Waals surface area contributed by atoms with Gasteiger partial charge in [-0.15, -0.1) is 0 Å². The summed E-state index contributed by atoms with van der Waals surface area (Å²) >= 11 is 0. The molecule has 1 aliphatic carbocycles. The highest BCUT2D eigenvalue weighted by Gasteiger charge is 2.32. The number of rotatable bonds is 5. The third-order valence-electron chi connectivity index (χ3n) is 5.37. The highest BCUT2D eigenvalue weighted by Crippen LogP contribution is 2.36. The molecular formula is C24H19FO3. The first-order valence-electron chi connectivity index (χ1n) is 9.20. The number of fused-ring (bicyclic) bond motifs is 1. The van der Waals surface area contributed by atoms with E-state index in [1.54, 1.807) is 36.4 Å². The molecule has 0 heterocycles. The number of Topliss-reactive ketones (excluding diaryl/α,β-unsaturated/α-hetero) is 1. The van der Waals surface area contributed by atoms with Crippen LogP contribution in [-0.2, 0) is 19.5 Å². The molecule has 4 rings (SSSR count). The lowest BCUT2D eigenvalue weighted by Crippen LogP contribution is -2.12. The van der Waals surface area contributed by atoms with Gasteiger partial charge in [-0.25, -0.2) is 9.18 Å². The average Bonchev–Trinajstić information content (AvgIpc) is 3.04. The van der Waals surface area contributed by atoms with Gasteiger partial charge in [0.15, 0.2) is 5.78 Å². The van der Waals surface area contributed by atoms with Gasteiger partial charge >= 0.3 is 5.97 Å². The predicted molar refractivity (Wildman–Crippen MR) is 105 cm³/mol. The van der Waals surface area contributed by atoms with E-state index < -0.39 is 12.6 Å². The van der Waals surface area contributed by atoms with Crippen LogP contribution in [0.5, 0.6) is 0 Å². The minimum absolute atomic E-state index is 0.125. The summed E-state index contributed by atoms with van der Waals surface area (Å²) in [6, 6.07) is 19.8. The number of hydrogen-bond donors (Lipinski definition) is 1. The molecule has 0 saturated carbocycles. The first-order chi connectivity index (χ1) is 13.6. The fourth-order valence-electron chi connectivity index (χ4n) is 3.87. The number of benzene rings is 3. The van der Waals surface area contributed by atoms with Crippen LogP contribution < -0.4 is 0 Å². The lowest BCUT2D eigenvalue weighted by atomic mass is 9.94. The number of alkyl halides is 1. The molecule has 3 nitrogen and oxygen atoms in total. The monoisotopic (exact) mass is 374 g/mol. The lowest BCUT2D eigenvalue weighted by molar-refractivity contribution is 0.0696. The Hall–Kier alpha value is -3.27. The van der Waals surface area contributed by atoms with Gasteiger partial charge in [0, 0.05) is 11.5 Å². The Bertz CT molecular complexity index is 1040. The number of carboxylic acid groups (broad SMARTS) is 1.